The van der Waals surface area contributed by atoms with Crippen molar-refractivity contribution in [3.63, 3.8) is 0 Å². The van der Waals surface area contributed by atoms with Gasteiger partial charge in [-0.05, 0) is 6.07 Å². The minimum absolute atomic E-state index is 0.0225. The molecule has 3 aromatic heterocycles. The lowest BCUT2D eigenvalue weighted by atomic mass is 10.3. The first-order valence-corrected chi connectivity index (χ1v) is 8.82. The molecule has 2 N–H and O–H groups in total. The van der Waals surface area contributed by atoms with Crippen LogP contribution in [0.5, 0.6) is 0 Å². The average Bonchev–Trinajstić information content (AvgIpc) is 3.37. The predicted molar refractivity (Wildman–Crippen MR) is 108 cm³/mol. The summed E-state index contributed by atoms with van der Waals surface area (Å²) < 4.78 is 8.86. The van der Waals surface area contributed by atoms with Gasteiger partial charge in [0, 0.05) is 39.6 Å². The number of hydrogen-bond acceptors (Lipinski definition) is 7. The summed E-state index contributed by atoms with van der Waals surface area (Å²) >= 11 is 0. The Hall–Kier alpha value is -4.42. The molecule has 0 aliphatic heterocycles. The molecule has 0 aliphatic carbocycles. The Kier molecular flexibility index (Phi) is 5.59. The first kappa shape index (κ1) is 21.3. The zero-order chi connectivity index (χ0) is 22.9. The van der Waals surface area contributed by atoms with Crippen LogP contribution in [0.2, 0.25) is 0 Å². The number of imidazole rings is 1. The lowest BCUT2D eigenvalue weighted by Crippen LogP contribution is -2.16. The average molecular weight is 429 g/mol. The van der Waals surface area contributed by atoms with E-state index < -0.39 is 22.7 Å². The van der Waals surface area contributed by atoms with Gasteiger partial charge in [-0.2, -0.15) is 0 Å². The molecule has 0 spiro atoms. The van der Waals surface area contributed by atoms with E-state index in [1.807, 2.05) is 0 Å². The molecule has 2 amide bonds. The fourth-order valence-corrected chi connectivity index (χ4v) is 2.91. The van der Waals surface area contributed by atoms with E-state index in [2.05, 4.69) is 20.4 Å². The maximum absolute atomic E-state index is 12.6. The van der Waals surface area contributed by atoms with Gasteiger partial charge in [-0.3, -0.25) is 19.7 Å². The summed E-state index contributed by atoms with van der Waals surface area (Å²) in [4.78, 5) is 51.0. The second-order valence-electron chi connectivity index (χ2n) is 6.64. The number of nitrogens with zero attached hydrogens (tertiary/aromatic N) is 5. The van der Waals surface area contributed by atoms with Gasteiger partial charge in [-0.25, -0.2) is 9.78 Å². The number of hydrogen-bond donors (Lipinski definition) is 2. The molecule has 0 unspecified atom stereocenters. The highest BCUT2D eigenvalue weighted by atomic mass is 16.6. The zero-order valence-electron chi connectivity index (χ0n) is 17.1. The third-order valence-electron chi connectivity index (χ3n) is 4.42. The molecule has 0 atom stereocenters. The number of carbonyl (C=O) groups is 3. The lowest BCUT2D eigenvalue weighted by Gasteiger charge is -2.03. The van der Waals surface area contributed by atoms with Gasteiger partial charge in [-0.15, -0.1) is 0 Å². The lowest BCUT2D eigenvalue weighted by molar-refractivity contribution is -0.384. The first-order valence-electron chi connectivity index (χ1n) is 8.82. The molecule has 0 saturated carbocycles. The van der Waals surface area contributed by atoms with Gasteiger partial charge in [-0.1, -0.05) is 0 Å². The van der Waals surface area contributed by atoms with Crippen LogP contribution in [0, 0.1) is 10.1 Å². The number of aromatic nitrogens is 4. The summed E-state index contributed by atoms with van der Waals surface area (Å²) in [6, 6.07) is 2.60. The number of methoxy groups -OCH3 is 1. The molecule has 162 valence electrons. The molecule has 13 nitrogen and oxygen atoms in total. The summed E-state index contributed by atoms with van der Waals surface area (Å²) in [5, 5.41) is 16.1. The van der Waals surface area contributed by atoms with Crippen molar-refractivity contribution in [2.45, 2.75) is 0 Å². The number of esters is 1. The normalized spacial score (nSPS) is 10.6. The van der Waals surface area contributed by atoms with Crippen molar-refractivity contribution in [2.24, 2.45) is 21.1 Å². The van der Waals surface area contributed by atoms with E-state index in [9.17, 15) is 24.5 Å². The van der Waals surface area contributed by atoms with Gasteiger partial charge in [0.1, 0.15) is 11.4 Å². The second-order valence-corrected chi connectivity index (χ2v) is 6.64. The Bertz CT molecular complexity index is 1200. The smallest absolute Gasteiger partial charge is 0.374 e. The minimum Gasteiger partial charge on any atom is -0.463 e. The third kappa shape index (κ3) is 4.29. The van der Waals surface area contributed by atoms with Crippen LogP contribution < -0.4 is 10.6 Å². The summed E-state index contributed by atoms with van der Waals surface area (Å²) in [6.07, 6.45) is 4.20. The molecular weight excluding hydrogens is 410 g/mol. The van der Waals surface area contributed by atoms with Gasteiger partial charge in [0.25, 0.3) is 17.5 Å². The second kappa shape index (κ2) is 8.14. The highest BCUT2D eigenvalue weighted by Crippen LogP contribution is 2.19. The van der Waals surface area contributed by atoms with E-state index in [4.69, 9.17) is 0 Å². The van der Waals surface area contributed by atoms with E-state index in [1.165, 1.54) is 52.5 Å². The van der Waals surface area contributed by atoms with Crippen molar-refractivity contribution in [3.8, 4) is 0 Å². The fraction of sp³-hybridized carbons (Fsp3) is 0.222. The van der Waals surface area contributed by atoms with E-state index in [1.54, 1.807) is 14.1 Å². The first-order chi connectivity index (χ1) is 14.6. The summed E-state index contributed by atoms with van der Waals surface area (Å²) in [5.74, 6) is -1.56. The van der Waals surface area contributed by atoms with E-state index in [0.29, 0.717) is 5.69 Å². The molecule has 0 saturated heterocycles. The van der Waals surface area contributed by atoms with Crippen LogP contribution in [-0.2, 0) is 25.9 Å². The molecule has 3 rings (SSSR count). The van der Waals surface area contributed by atoms with Crippen molar-refractivity contribution in [1.82, 2.24) is 18.7 Å². The standard InChI is InChI=1S/C18H19N7O6/c1-22-7-10(19-16(26)13-6-11(25(29)30)8-23(13)2)5-12(22)17(27)21-14-9-24(3)15(20-14)18(28)31-4/h5-9H,1-4H3,(H,19,26)(H,21,27). The SMILES string of the molecule is COC(=O)c1nc(NC(=O)c2cc(NC(=O)c3cc([N+](=O)[O-])cn3C)cn2C)cn1C. The maximum atomic E-state index is 12.6. The monoisotopic (exact) mass is 429 g/mol. The van der Waals surface area contributed by atoms with Crippen molar-refractivity contribution < 1.29 is 24.0 Å². The number of ether oxygens (including phenoxy) is 1. The topological polar surface area (TPSA) is 155 Å². The van der Waals surface area contributed by atoms with Crippen LogP contribution in [0.1, 0.15) is 31.6 Å². The van der Waals surface area contributed by atoms with Crippen LogP contribution >= 0.6 is 0 Å². The predicted octanol–water partition coefficient (Wildman–Crippen LogP) is 1.30. The molecule has 0 fully saturated rings. The number of rotatable bonds is 6. The largest absolute Gasteiger partial charge is 0.463 e. The van der Waals surface area contributed by atoms with Crippen molar-refractivity contribution in [1.29, 1.82) is 0 Å². The number of nitrogens with one attached hydrogen (secondary N) is 2. The quantitative estimate of drug-likeness (QED) is 0.340. The number of nitro groups is 1. The molecule has 3 heterocycles. The van der Waals surface area contributed by atoms with Gasteiger partial charge in [0.2, 0.25) is 5.82 Å². The molecule has 0 bridgehead atoms. The van der Waals surface area contributed by atoms with Gasteiger partial charge in [0.15, 0.2) is 5.82 Å². The minimum atomic E-state index is -0.646. The van der Waals surface area contributed by atoms with Crippen LogP contribution in [-0.4, -0.2) is 48.5 Å². The number of amides is 2. The Labute approximate surface area is 175 Å². The van der Waals surface area contributed by atoms with Crippen molar-refractivity contribution in [2.75, 3.05) is 17.7 Å². The zero-order valence-corrected chi connectivity index (χ0v) is 17.1. The Morgan fingerprint density at radius 1 is 0.968 bits per heavy atom. The maximum Gasteiger partial charge on any atom is 0.374 e. The summed E-state index contributed by atoms with van der Waals surface area (Å²) in [7, 11) is 5.93. The van der Waals surface area contributed by atoms with E-state index >= 15 is 0 Å². The third-order valence-corrected chi connectivity index (χ3v) is 4.42. The van der Waals surface area contributed by atoms with Crippen LogP contribution in [0.4, 0.5) is 17.2 Å². The molecular formula is C18H19N7O6. The molecule has 0 radical (unpaired) electrons. The Morgan fingerprint density at radius 2 is 1.58 bits per heavy atom. The number of carbonyl (C=O) groups excluding carboxylic acids is 3. The molecule has 31 heavy (non-hydrogen) atoms. The fourth-order valence-electron chi connectivity index (χ4n) is 2.91. The molecule has 3 aromatic rings. The molecule has 0 aliphatic rings. The number of aryl methyl sites for hydroxylation is 3. The number of anilines is 2. The van der Waals surface area contributed by atoms with Gasteiger partial charge in [0.05, 0.1) is 23.9 Å². The van der Waals surface area contributed by atoms with Crippen LogP contribution in [0.3, 0.4) is 0 Å². The van der Waals surface area contributed by atoms with Crippen LogP contribution in [0.25, 0.3) is 0 Å². The Balaban J connectivity index is 1.75. The Morgan fingerprint density at radius 3 is 2.19 bits per heavy atom. The highest BCUT2D eigenvalue weighted by molar-refractivity contribution is 6.06. The summed E-state index contributed by atoms with van der Waals surface area (Å²) in [6.45, 7) is 0. The summed E-state index contributed by atoms with van der Waals surface area (Å²) in [5.41, 5.74) is 0.407. The van der Waals surface area contributed by atoms with E-state index in [0.717, 1.165) is 6.07 Å². The van der Waals surface area contributed by atoms with Crippen LogP contribution in [0.15, 0.2) is 30.7 Å². The van der Waals surface area contributed by atoms with Crippen molar-refractivity contribution in [3.05, 3.63) is 58.0 Å². The molecule has 0 aromatic carbocycles. The van der Waals surface area contributed by atoms with Crippen molar-refractivity contribution >= 4 is 35.0 Å². The molecule has 13 heteroatoms. The van der Waals surface area contributed by atoms with Gasteiger partial charge >= 0.3 is 5.97 Å². The van der Waals surface area contributed by atoms with E-state index in [-0.39, 0.29) is 28.7 Å². The highest BCUT2D eigenvalue weighted by Gasteiger charge is 2.20. The van der Waals surface area contributed by atoms with Gasteiger partial charge < -0.3 is 29.1 Å².